The minimum atomic E-state index is -3.73. The lowest BCUT2D eigenvalue weighted by atomic mass is 9.94. The van der Waals surface area contributed by atoms with Crippen LogP contribution in [-0.2, 0) is 26.2 Å². The lowest BCUT2D eigenvalue weighted by Gasteiger charge is -2.46. The van der Waals surface area contributed by atoms with Gasteiger partial charge < -0.3 is 14.8 Å². The molecule has 0 aromatic heterocycles. The van der Waals surface area contributed by atoms with Crippen LogP contribution < -0.4 is 19.7 Å². The first-order valence-corrected chi connectivity index (χ1v) is 12.2. The van der Waals surface area contributed by atoms with Gasteiger partial charge in [-0.05, 0) is 36.8 Å². The third kappa shape index (κ3) is 5.23. The van der Waals surface area contributed by atoms with Gasteiger partial charge in [0.25, 0.3) is 0 Å². The number of carbonyl (C=O) groups is 2. The van der Waals surface area contributed by atoms with Gasteiger partial charge in [-0.25, -0.2) is 8.42 Å². The number of sulfonamides is 1. The van der Waals surface area contributed by atoms with Crippen molar-refractivity contribution in [3.05, 3.63) is 53.1 Å². The van der Waals surface area contributed by atoms with Crippen molar-refractivity contribution in [3.63, 3.8) is 0 Å². The Morgan fingerprint density at radius 2 is 1.82 bits per heavy atom. The van der Waals surface area contributed by atoms with Crippen molar-refractivity contribution in [2.45, 2.75) is 19.0 Å². The topological polar surface area (TPSA) is 105 Å². The first-order chi connectivity index (χ1) is 15.5. The third-order valence-corrected chi connectivity index (χ3v) is 6.94. The summed E-state index contributed by atoms with van der Waals surface area (Å²) < 4.78 is 36.2. The predicted octanol–water partition coefficient (Wildman–Crippen LogP) is 2.04. The molecule has 33 heavy (non-hydrogen) atoms. The maximum absolute atomic E-state index is 13.5. The molecule has 2 amide bonds. The Balaban J connectivity index is 2.01. The highest BCUT2D eigenvalue weighted by molar-refractivity contribution is 7.88. The highest BCUT2D eigenvalue weighted by Crippen LogP contribution is 2.38. The molecule has 0 saturated carbocycles. The molecule has 1 fully saturated rings. The van der Waals surface area contributed by atoms with E-state index in [9.17, 15) is 18.0 Å². The van der Waals surface area contributed by atoms with Crippen molar-refractivity contribution >= 4 is 39.1 Å². The van der Waals surface area contributed by atoms with E-state index in [4.69, 9.17) is 21.1 Å². The van der Waals surface area contributed by atoms with E-state index in [1.807, 2.05) is 0 Å². The van der Waals surface area contributed by atoms with Crippen LogP contribution in [0.3, 0.4) is 0 Å². The number of anilines is 1. The molecule has 2 aromatic carbocycles. The fourth-order valence-electron chi connectivity index (χ4n) is 3.72. The molecule has 0 aliphatic carbocycles. The normalized spacial score (nSPS) is 19.3. The molecule has 1 N–H and O–H groups in total. The maximum atomic E-state index is 13.5. The summed E-state index contributed by atoms with van der Waals surface area (Å²) in [4.78, 5) is 28.0. The smallest absolute Gasteiger partial charge is 0.247 e. The Kier molecular flexibility index (Phi) is 7.20. The van der Waals surface area contributed by atoms with Gasteiger partial charge in [0.05, 0.1) is 32.7 Å². The van der Waals surface area contributed by atoms with E-state index in [-0.39, 0.29) is 13.1 Å². The monoisotopic (exact) mass is 495 g/mol. The SMILES string of the molecule is COc1ccc(N2C(=O)CN(S(C)(=O)=O)C[C@]2(C)C(=O)NCc2ccc(Cl)cc2)c(OC)c1. The summed E-state index contributed by atoms with van der Waals surface area (Å²) in [6.45, 7) is 1.09. The lowest BCUT2D eigenvalue weighted by molar-refractivity contribution is -0.133. The average molecular weight is 496 g/mol. The number of benzene rings is 2. The van der Waals surface area contributed by atoms with Gasteiger partial charge in [-0.1, -0.05) is 23.7 Å². The van der Waals surface area contributed by atoms with Crippen molar-refractivity contribution in [1.82, 2.24) is 9.62 Å². The number of methoxy groups -OCH3 is 2. The summed E-state index contributed by atoms with van der Waals surface area (Å²) >= 11 is 5.92. The van der Waals surface area contributed by atoms with E-state index in [2.05, 4.69) is 5.32 Å². The molecule has 1 atom stereocenters. The molecule has 11 heteroatoms. The molecule has 1 aliphatic rings. The number of amides is 2. The molecule has 9 nitrogen and oxygen atoms in total. The molecule has 1 heterocycles. The fraction of sp³-hybridized carbons (Fsp3) is 0.364. The minimum Gasteiger partial charge on any atom is -0.497 e. The predicted molar refractivity (Wildman–Crippen MR) is 125 cm³/mol. The molecule has 3 rings (SSSR count). The van der Waals surface area contributed by atoms with Gasteiger partial charge in [0.1, 0.15) is 17.0 Å². The van der Waals surface area contributed by atoms with E-state index in [0.717, 1.165) is 16.1 Å². The maximum Gasteiger partial charge on any atom is 0.247 e. The van der Waals surface area contributed by atoms with Gasteiger partial charge in [0.2, 0.25) is 21.8 Å². The van der Waals surface area contributed by atoms with E-state index in [1.54, 1.807) is 42.5 Å². The summed E-state index contributed by atoms with van der Waals surface area (Å²) in [5.41, 5.74) is -0.417. The molecule has 0 unspecified atom stereocenters. The van der Waals surface area contributed by atoms with Gasteiger partial charge in [-0.2, -0.15) is 4.31 Å². The zero-order valence-corrected chi connectivity index (χ0v) is 20.4. The zero-order valence-electron chi connectivity index (χ0n) is 18.8. The van der Waals surface area contributed by atoms with Crippen LogP contribution >= 0.6 is 11.6 Å². The second-order valence-corrected chi connectivity index (χ2v) is 10.3. The first kappa shape index (κ1) is 24.8. The second-order valence-electron chi connectivity index (χ2n) is 7.88. The highest BCUT2D eigenvalue weighted by atomic mass is 35.5. The molecule has 0 bridgehead atoms. The summed E-state index contributed by atoms with van der Waals surface area (Å²) in [5.74, 6) is -0.254. The summed E-state index contributed by atoms with van der Waals surface area (Å²) in [6, 6.07) is 11.8. The van der Waals surface area contributed by atoms with Crippen LogP contribution in [0.25, 0.3) is 0 Å². The van der Waals surface area contributed by atoms with Crippen molar-refractivity contribution in [3.8, 4) is 11.5 Å². The van der Waals surface area contributed by atoms with Crippen LogP contribution in [0.15, 0.2) is 42.5 Å². The Hall–Kier alpha value is -2.82. The number of carbonyl (C=O) groups excluding carboxylic acids is 2. The zero-order chi connectivity index (χ0) is 24.4. The number of nitrogens with one attached hydrogen (secondary N) is 1. The second kappa shape index (κ2) is 9.58. The highest BCUT2D eigenvalue weighted by Gasteiger charge is 2.51. The van der Waals surface area contributed by atoms with Crippen LogP contribution in [0.5, 0.6) is 11.5 Å². The minimum absolute atomic E-state index is 0.173. The van der Waals surface area contributed by atoms with Gasteiger partial charge >= 0.3 is 0 Å². The quantitative estimate of drug-likeness (QED) is 0.630. The number of rotatable bonds is 7. The van der Waals surface area contributed by atoms with Gasteiger partial charge in [0, 0.05) is 24.2 Å². The van der Waals surface area contributed by atoms with Crippen molar-refractivity contribution in [2.24, 2.45) is 0 Å². The number of hydrogen-bond acceptors (Lipinski definition) is 6. The molecule has 0 spiro atoms. The van der Waals surface area contributed by atoms with E-state index < -0.39 is 33.9 Å². The van der Waals surface area contributed by atoms with Gasteiger partial charge in [-0.15, -0.1) is 0 Å². The van der Waals surface area contributed by atoms with E-state index in [0.29, 0.717) is 22.2 Å². The molecule has 1 saturated heterocycles. The molecule has 1 aliphatic heterocycles. The Labute approximate surface area is 198 Å². The number of halogens is 1. The molecular formula is C22H26ClN3O6S. The van der Waals surface area contributed by atoms with Gasteiger partial charge in [0.15, 0.2) is 0 Å². The van der Waals surface area contributed by atoms with Gasteiger partial charge in [-0.3, -0.25) is 14.5 Å². The van der Waals surface area contributed by atoms with Crippen LogP contribution in [0.2, 0.25) is 5.02 Å². The first-order valence-electron chi connectivity index (χ1n) is 10.0. The molecule has 2 aromatic rings. The van der Waals surface area contributed by atoms with Crippen LogP contribution in [0.4, 0.5) is 5.69 Å². The molecule has 178 valence electrons. The standard InChI is InChI=1S/C22H26ClN3O6S/c1-22(21(28)24-12-15-5-7-16(23)8-6-15)14-25(33(4,29)30)13-20(27)26(22)18-10-9-17(31-2)11-19(18)32-3/h5-11H,12-14H2,1-4H3,(H,24,28)/t22-/m1/s1. The molecule has 0 radical (unpaired) electrons. The van der Waals surface area contributed by atoms with E-state index >= 15 is 0 Å². The average Bonchev–Trinajstić information content (AvgIpc) is 2.77. The van der Waals surface area contributed by atoms with Crippen LogP contribution in [0.1, 0.15) is 12.5 Å². The van der Waals surface area contributed by atoms with Crippen LogP contribution in [0, 0.1) is 0 Å². The number of piperazine rings is 1. The van der Waals surface area contributed by atoms with Crippen molar-refractivity contribution in [2.75, 3.05) is 38.5 Å². The summed E-state index contributed by atoms with van der Waals surface area (Å²) in [6.07, 6.45) is 1.01. The van der Waals surface area contributed by atoms with Crippen LogP contribution in [-0.4, -0.2) is 63.6 Å². The molecular weight excluding hydrogens is 470 g/mol. The summed E-state index contributed by atoms with van der Waals surface area (Å²) in [7, 11) is -0.791. The van der Waals surface area contributed by atoms with E-state index in [1.165, 1.54) is 26.0 Å². The Bertz CT molecular complexity index is 1160. The number of ether oxygens (including phenoxy) is 2. The fourth-order valence-corrected chi connectivity index (χ4v) is 4.68. The number of nitrogens with zero attached hydrogens (tertiary/aromatic N) is 2. The van der Waals surface area contributed by atoms with Crippen molar-refractivity contribution < 1.29 is 27.5 Å². The largest absolute Gasteiger partial charge is 0.497 e. The third-order valence-electron chi connectivity index (χ3n) is 5.49. The number of hydrogen-bond donors (Lipinski definition) is 1. The Morgan fingerprint density at radius 1 is 1.15 bits per heavy atom. The Morgan fingerprint density at radius 3 is 2.39 bits per heavy atom. The summed E-state index contributed by atoms with van der Waals surface area (Å²) in [5, 5.41) is 3.38. The lowest BCUT2D eigenvalue weighted by Crippen LogP contribution is -2.70. The van der Waals surface area contributed by atoms with Crippen molar-refractivity contribution in [1.29, 1.82) is 0 Å².